The number of aromatic nitrogens is 4. The zero-order chi connectivity index (χ0) is 19.0. The first-order chi connectivity index (χ1) is 13.0. The van der Waals surface area contributed by atoms with Gasteiger partial charge in [-0.2, -0.15) is 5.26 Å². The minimum atomic E-state index is -0.279. The Bertz CT molecular complexity index is 1000. The molecule has 138 valence electrons. The second kappa shape index (κ2) is 7.13. The quantitative estimate of drug-likeness (QED) is 0.688. The van der Waals surface area contributed by atoms with Gasteiger partial charge in [0.1, 0.15) is 17.7 Å². The lowest BCUT2D eigenvalue weighted by molar-refractivity contribution is 0.191. The maximum absolute atomic E-state index is 14.6. The number of thiazole rings is 1. The minimum Gasteiger partial charge on any atom is -0.353 e. The molecule has 1 aliphatic heterocycles. The fourth-order valence-electron chi connectivity index (χ4n) is 3.31. The Kier molecular flexibility index (Phi) is 4.68. The number of nitriles is 1. The maximum Gasteiger partial charge on any atom is 0.171 e. The zero-order valence-corrected chi connectivity index (χ0v) is 15.9. The number of rotatable bonds is 3. The maximum atomic E-state index is 14.6. The average Bonchev–Trinajstić information content (AvgIpc) is 3.06. The molecule has 27 heavy (non-hydrogen) atoms. The summed E-state index contributed by atoms with van der Waals surface area (Å²) in [4.78, 5) is 21.6. The molecule has 0 bridgehead atoms. The minimum absolute atomic E-state index is 0.134. The number of aryl methyl sites for hydroxylation is 1. The van der Waals surface area contributed by atoms with Crippen LogP contribution in [0.1, 0.15) is 29.4 Å². The van der Waals surface area contributed by atoms with Crippen LogP contribution in [0.25, 0.3) is 10.3 Å². The van der Waals surface area contributed by atoms with Crippen molar-refractivity contribution in [1.82, 2.24) is 24.8 Å². The summed E-state index contributed by atoms with van der Waals surface area (Å²) in [7, 11) is 0. The first kappa shape index (κ1) is 17.7. The number of hydrogen-bond acceptors (Lipinski definition) is 8. The number of fused-ring (bicyclic) bond motifs is 1. The van der Waals surface area contributed by atoms with Gasteiger partial charge in [-0.25, -0.2) is 24.3 Å². The lowest BCUT2D eigenvalue weighted by Gasteiger charge is -2.38. The number of halogens is 1. The van der Waals surface area contributed by atoms with Gasteiger partial charge >= 0.3 is 0 Å². The Hall–Kier alpha value is -2.70. The van der Waals surface area contributed by atoms with E-state index in [-0.39, 0.29) is 11.9 Å². The van der Waals surface area contributed by atoms with E-state index in [2.05, 4.69) is 29.7 Å². The van der Waals surface area contributed by atoms with Crippen LogP contribution in [0.15, 0.2) is 18.5 Å². The number of anilines is 1. The van der Waals surface area contributed by atoms with E-state index < -0.39 is 0 Å². The lowest BCUT2D eigenvalue weighted by Crippen LogP contribution is -2.47. The highest BCUT2D eigenvalue weighted by molar-refractivity contribution is 7.18. The van der Waals surface area contributed by atoms with E-state index >= 15 is 0 Å². The van der Waals surface area contributed by atoms with Crippen molar-refractivity contribution in [2.24, 2.45) is 0 Å². The van der Waals surface area contributed by atoms with Gasteiger partial charge in [0.05, 0.1) is 33.8 Å². The van der Waals surface area contributed by atoms with Crippen LogP contribution in [-0.2, 0) is 0 Å². The Balaban J connectivity index is 1.47. The molecule has 9 heteroatoms. The monoisotopic (exact) mass is 383 g/mol. The molecule has 1 saturated heterocycles. The van der Waals surface area contributed by atoms with Crippen molar-refractivity contribution in [1.29, 1.82) is 5.26 Å². The molecule has 0 radical (unpaired) electrons. The zero-order valence-electron chi connectivity index (χ0n) is 15.1. The van der Waals surface area contributed by atoms with Gasteiger partial charge in [0.2, 0.25) is 0 Å². The first-order valence-electron chi connectivity index (χ1n) is 8.70. The smallest absolute Gasteiger partial charge is 0.171 e. The molecule has 0 aromatic carbocycles. The highest BCUT2D eigenvalue weighted by Gasteiger charge is 2.26. The highest BCUT2D eigenvalue weighted by Crippen LogP contribution is 2.28. The van der Waals surface area contributed by atoms with Crippen LogP contribution in [0.2, 0.25) is 0 Å². The molecule has 0 unspecified atom stereocenters. The molecule has 0 saturated carbocycles. The molecular formula is C18H18FN7S. The van der Waals surface area contributed by atoms with Gasteiger partial charge in [0.15, 0.2) is 11.3 Å². The number of nitrogens with zero attached hydrogens (tertiary/aromatic N) is 7. The Morgan fingerprint density at radius 3 is 2.63 bits per heavy atom. The Morgan fingerprint density at radius 1 is 1.19 bits per heavy atom. The fraction of sp³-hybridized carbons (Fsp3) is 0.389. The number of piperazine rings is 1. The molecule has 1 fully saturated rings. The summed E-state index contributed by atoms with van der Waals surface area (Å²) in [5, 5.41) is 9.71. The summed E-state index contributed by atoms with van der Waals surface area (Å²) in [6.07, 6.45) is 3.10. The van der Waals surface area contributed by atoms with Crippen molar-refractivity contribution >= 4 is 27.5 Å². The van der Waals surface area contributed by atoms with Crippen molar-refractivity contribution in [2.45, 2.75) is 19.9 Å². The highest BCUT2D eigenvalue weighted by atomic mass is 32.1. The van der Waals surface area contributed by atoms with Gasteiger partial charge in [-0.1, -0.05) is 0 Å². The Morgan fingerprint density at radius 2 is 1.96 bits per heavy atom. The molecule has 0 amide bonds. The van der Waals surface area contributed by atoms with Crippen molar-refractivity contribution in [3.63, 3.8) is 0 Å². The van der Waals surface area contributed by atoms with Crippen LogP contribution in [0.3, 0.4) is 0 Å². The molecule has 1 aliphatic rings. The molecule has 3 aromatic rings. The summed E-state index contributed by atoms with van der Waals surface area (Å²) in [6.45, 7) is 6.91. The van der Waals surface area contributed by atoms with Crippen molar-refractivity contribution in [3.8, 4) is 6.07 Å². The average molecular weight is 383 g/mol. The van der Waals surface area contributed by atoms with Crippen LogP contribution in [0.4, 0.5) is 10.2 Å². The third-order valence-corrected chi connectivity index (χ3v) is 5.71. The summed E-state index contributed by atoms with van der Waals surface area (Å²) >= 11 is 1.46. The van der Waals surface area contributed by atoms with Crippen LogP contribution in [0.5, 0.6) is 0 Å². The van der Waals surface area contributed by atoms with Gasteiger partial charge in [-0.3, -0.25) is 4.90 Å². The molecule has 1 atom stereocenters. The van der Waals surface area contributed by atoms with Gasteiger partial charge < -0.3 is 4.90 Å². The second-order valence-corrected chi connectivity index (χ2v) is 7.72. The first-order valence-corrected chi connectivity index (χ1v) is 9.51. The molecule has 7 nitrogen and oxygen atoms in total. The number of hydrogen-bond donors (Lipinski definition) is 0. The summed E-state index contributed by atoms with van der Waals surface area (Å²) in [5.41, 5.74) is 1.37. The Labute approximate surface area is 160 Å². The fourth-order valence-corrected chi connectivity index (χ4v) is 4.10. The van der Waals surface area contributed by atoms with Crippen LogP contribution < -0.4 is 4.90 Å². The van der Waals surface area contributed by atoms with Crippen LogP contribution in [-0.4, -0.2) is 51.0 Å². The summed E-state index contributed by atoms with van der Waals surface area (Å²) < 4.78 is 15.4. The SMILES string of the molecule is Cc1nc2nc([C@H](C)N3CCN(c4cnc(C#N)cn4)CC3)c(F)cc2s1. The summed E-state index contributed by atoms with van der Waals surface area (Å²) in [6, 6.07) is 3.38. The topological polar surface area (TPSA) is 81.8 Å². The third-order valence-electron chi connectivity index (χ3n) is 4.80. The lowest BCUT2D eigenvalue weighted by atomic mass is 10.1. The number of pyridine rings is 1. The molecule has 0 spiro atoms. The largest absolute Gasteiger partial charge is 0.353 e. The van der Waals surface area contributed by atoms with Gasteiger partial charge in [0.25, 0.3) is 0 Å². The predicted molar refractivity (Wildman–Crippen MR) is 101 cm³/mol. The van der Waals surface area contributed by atoms with E-state index in [1.165, 1.54) is 17.5 Å². The molecular weight excluding hydrogens is 365 g/mol. The van der Waals surface area contributed by atoms with E-state index in [1.54, 1.807) is 12.3 Å². The van der Waals surface area contributed by atoms with Crippen molar-refractivity contribution in [3.05, 3.63) is 40.7 Å². The van der Waals surface area contributed by atoms with Crippen LogP contribution >= 0.6 is 11.3 Å². The molecule has 4 heterocycles. The molecule has 0 N–H and O–H groups in total. The van der Waals surface area contributed by atoms with Gasteiger partial charge in [-0.15, -0.1) is 11.3 Å². The van der Waals surface area contributed by atoms with Gasteiger partial charge in [0, 0.05) is 26.2 Å². The van der Waals surface area contributed by atoms with Gasteiger partial charge in [-0.05, 0) is 19.9 Å². The van der Waals surface area contributed by atoms with E-state index in [9.17, 15) is 4.39 Å². The van der Waals surface area contributed by atoms with E-state index in [0.29, 0.717) is 17.0 Å². The normalized spacial score (nSPS) is 16.4. The van der Waals surface area contributed by atoms with Crippen molar-refractivity contribution in [2.75, 3.05) is 31.1 Å². The van der Waals surface area contributed by atoms with E-state index in [4.69, 9.17) is 5.26 Å². The second-order valence-electron chi connectivity index (χ2n) is 6.48. The molecule has 0 aliphatic carbocycles. The summed E-state index contributed by atoms with van der Waals surface area (Å²) in [5.74, 6) is 0.476. The van der Waals surface area contributed by atoms with Crippen molar-refractivity contribution < 1.29 is 4.39 Å². The predicted octanol–water partition coefficient (Wildman–Crippen LogP) is 2.68. The van der Waals surface area contributed by atoms with E-state index in [1.807, 2.05) is 19.9 Å². The van der Waals surface area contributed by atoms with Crippen LogP contribution in [0, 0.1) is 24.1 Å². The molecule has 4 rings (SSSR count). The standard InChI is InChI=1S/C18H18FN7S/c1-11(17-14(19)7-15-18(24-17)23-12(2)27-15)25-3-5-26(6-4-25)16-10-21-13(8-20)9-22-16/h7,9-11H,3-6H2,1-2H3/t11-/m0/s1. The molecule has 3 aromatic heterocycles. The van der Waals surface area contributed by atoms with E-state index in [0.717, 1.165) is 41.7 Å². The third kappa shape index (κ3) is 3.46.